The molecule has 0 fully saturated rings. The quantitative estimate of drug-likeness (QED) is 0.478. The summed E-state index contributed by atoms with van der Waals surface area (Å²) in [5.74, 6) is -0.177. The first kappa shape index (κ1) is 23.0. The Balaban J connectivity index is 1.84. The maximum absolute atomic E-state index is 13.0. The number of thioether (sulfide) groups is 1. The van der Waals surface area contributed by atoms with Gasteiger partial charge >= 0.3 is 0 Å². The standard InChI is InChI=1S/C23H25N3O3S2/c1-3-26(4-2)31(28,29)20-15-16-21(24-17-20)30-22(18-11-7-5-8-12-18)23(27)25-19-13-9-6-10-14-19/h5-17,22H,3-4H2,1-2H3,(H,25,27). The van der Waals surface area contributed by atoms with E-state index in [9.17, 15) is 13.2 Å². The van der Waals surface area contributed by atoms with Gasteiger partial charge in [0.05, 0.1) is 5.03 Å². The smallest absolute Gasteiger partial charge is 0.244 e. The molecule has 0 aliphatic heterocycles. The number of sulfonamides is 1. The minimum absolute atomic E-state index is 0.144. The molecule has 31 heavy (non-hydrogen) atoms. The molecule has 0 aliphatic rings. The monoisotopic (exact) mass is 455 g/mol. The average molecular weight is 456 g/mol. The van der Waals surface area contributed by atoms with E-state index in [0.29, 0.717) is 23.8 Å². The molecular formula is C23H25N3O3S2. The number of hydrogen-bond acceptors (Lipinski definition) is 5. The van der Waals surface area contributed by atoms with Crippen LogP contribution in [-0.4, -0.2) is 36.7 Å². The third-order valence-corrected chi connectivity index (χ3v) is 7.91. The summed E-state index contributed by atoms with van der Waals surface area (Å²) in [6.45, 7) is 4.39. The highest BCUT2D eigenvalue weighted by Gasteiger charge is 2.25. The molecular weight excluding hydrogens is 430 g/mol. The summed E-state index contributed by atoms with van der Waals surface area (Å²) in [5.41, 5.74) is 1.55. The summed E-state index contributed by atoms with van der Waals surface area (Å²) in [4.78, 5) is 17.5. The van der Waals surface area contributed by atoms with Gasteiger partial charge in [-0.15, -0.1) is 0 Å². The van der Waals surface area contributed by atoms with E-state index in [-0.39, 0.29) is 10.8 Å². The molecule has 1 N–H and O–H groups in total. The number of nitrogens with zero attached hydrogens (tertiary/aromatic N) is 2. The lowest BCUT2D eigenvalue weighted by molar-refractivity contribution is -0.115. The highest BCUT2D eigenvalue weighted by molar-refractivity contribution is 8.00. The SMILES string of the molecule is CCN(CC)S(=O)(=O)c1ccc(SC(C(=O)Nc2ccccc2)c2ccccc2)nc1. The zero-order valence-corrected chi connectivity index (χ0v) is 19.1. The highest BCUT2D eigenvalue weighted by Crippen LogP contribution is 2.35. The van der Waals surface area contributed by atoms with Crippen molar-refractivity contribution < 1.29 is 13.2 Å². The predicted molar refractivity (Wildman–Crippen MR) is 124 cm³/mol. The van der Waals surface area contributed by atoms with Crippen molar-refractivity contribution in [2.45, 2.75) is 29.0 Å². The van der Waals surface area contributed by atoms with Crippen molar-refractivity contribution >= 4 is 33.4 Å². The molecule has 2 aromatic carbocycles. The first-order valence-corrected chi connectivity index (χ1v) is 12.3. The van der Waals surface area contributed by atoms with Crippen molar-refractivity contribution in [2.75, 3.05) is 18.4 Å². The molecule has 162 valence electrons. The number of pyridine rings is 1. The molecule has 1 heterocycles. The summed E-state index contributed by atoms with van der Waals surface area (Å²) in [7, 11) is -3.57. The molecule has 0 saturated carbocycles. The number of hydrogen-bond donors (Lipinski definition) is 1. The van der Waals surface area contributed by atoms with Crippen LogP contribution in [0.4, 0.5) is 5.69 Å². The van der Waals surface area contributed by atoms with Gasteiger partial charge in [0, 0.05) is 25.0 Å². The van der Waals surface area contributed by atoms with Crippen LogP contribution in [0.15, 0.2) is 88.9 Å². The second-order valence-electron chi connectivity index (χ2n) is 6.69. The fraction of sp³-hybridized carbons (Fsp3) is 0.217. The molecule has 0 spiro atoms. The van der Waals surface area contributed by atoms with Crippen molar-refractivity contribution in [3.63, 3.8) is 0 Å². The molecule has 3 aromatic rings. The highest BCUT2D eigenvalue weighted by atomic mass is 32.2. The molecule has 1 aromatic heterocycles. The van der Waals surface area contributed by atoms with Crippen LogP contribution in [0.1, 0.15) is 24.7 Å². The summed E-state index contributed by atoms with van der Waals surface area (Å²) < 4.78 is 26.7. The Hall–Kier alpha value is -2.68. The van der Waals surface area contributed by atoms with E-state index in [0.717, 1.165) is 5.56 Å². The van der Waals surface area contributed by atoms with Gasteiger partial charge in [0.15, 0.2) is 0 Å². The van der Waals surface area contributed by atoms with Crippen LogP contribution in [0.5, 0.6) is 0 Å². The average Bonchev–Trinajstić information content (AvgIpc) is 2.79. The van der Waals surface area contributed by atoms with E-state index in [2.05, 4.69) is 10.3 Å². The Bertz CT molecular complexity index is 1090. The Kier molecular flexibility index (Phi) is 7.84. The maximum atomic E-state index is 13.0. The van der Waals surface area contributed by atoms with Crippen LogP contribution >= 0.6 is 11.8 Å². The lowest BCUT2D eigenvalue weighted by Gasteiger charge is -2.19. The van der Waals surface area contributed by atoms with Crippen LogP contribution < -0.4 is 5.32 Å². The van der Waals surface area contributed by atoms with Crippen molar-refractivity contribution in [1.82, 2.24) is 9.29 Å². The number of amides is 1. The summed E-state index contributed by atoms with van der Waals surface area (Å²) in [6, 6.07) is 21.9. The minimum atomic E-state index is -3.57. The van der Waals surface area contributed by atoms with Gasteiger partial charge in [-0.2, -0.15) is 4.31 Å². The van der Waals surface area contributed by atoms with Gasteiger partial charge in [-0.1, -0.05) is 74.1 Å². The van der Waals surface area contributed by atoms with Crippen LogP contribution in [-0.2, 0) is 14.8 Å². The van der Waals surface area contributed by atoms with E-state index >= 15 is 0 Å². The zero-order valence-electron chi connectivity index (χ0n) is 17.4. The molecule has 0 bridgehead atoms. The topological polar surface area (TPSA) is 79.4 Å². The van der Waals surface area contributed by atoms with Crippen molar-refractivity contribution in [3.05, 3.63) is 84.6 Å². The Morgan fingerprint density at radius 2 is 1.58 bits per heavy atom. The lowest BCUT2D eigenvalue weighted by atomic mass is 10.1. The van der Waals surface area contributed by atoms with Gasteiger partial charge in [0.1, 0.15) is 10.1 Å². The number of benzene rings is 2. The maximum Gasteiger partial charge on any atom is 0.244 e. The molecule has 8 heteroatoms. The number of carbonyl (C=O) groups excluding carboxylic acids is 1. The second-order valence-corrected chi connectivity index (χ2v) is 9.75. The van der Waals surface area contributed by atoms with Crippen LogP contribution in [0.2, 0.25) is 0 Å². The summed E-state index contributed by atoms with van der Waals surface area (Å²) >= 11 is 1.28. The fourth-order valence-electron chi connectivity index (χ4n) is 3.05. The molecule has 0 aliphatic carbocycles. The van der Waals surface area contributed by atoms with Crippen molar-refractivity contribution in [3.8, 4) is 0 Å². The number of anilines is 1. The summed E-state index contributed by atoms with van der Waals surface area (Å²) in [5, 5.41) is 2.96. The van der Waals surface area contributed by atoms with Crippen LogP contribution in [0.25, 0.3) is 0 Å². The summed E-state index contributed by atoms with van der Waals surface area (Å²) in [6.07, 6.45) is 1.35. The molecule has 1 amide bonds. The van der Waals surface area contributed by atoms with Gasteiger partial charge in [0.25, 0.3) is 0 Å². The zero-order chi connectivity index (χ0) is 22.3. The molecule has 1 atom stereocenters. The molecule has 0 saturated heterocycles. The molecule has 3 rings (SSSR count). The van der Waals surface area contributed by atoms with Crippen LogP contribution in [0.3, 0.4) is 0 Å². The van der Waals surface area contributed by atoms with Gasteiger partial charge < -0.3 is 5.32 Å². The normalized spacial score (nSPS) is 12.5. The third kappa shape index (κ3) is 5.72. The van der Waals surface area contributed by atoms with Gasteiger partial charge in [-0.3, -0.25) is 4.79 Å². The van der Waals surface area contributed by atoms with Crippen LogP contribution in [0, 0.1) is 0 Å². The van der Waals surface area contributed by atoms with E-state index in [1.165, 1.54) is 22.3 Å². The number of nitrogens with one attached hydrogen (secondary N) is 1. The van der Waals surface area contributed by atoms with Gasteiger partial charge in [0.2, 0.25) is 15.9 Å². The number of aromatic nitrogens is 1. The Labute approximate surface area is 187 Å². The van der Waals surface area contributed by atoms with Gasteiger partial charge in [-0.05, 0) is 29.8 Å². The van der Waals surface area contributed by atoms with Crippen molar-refractivity contribution in [2.24, 2.45) is 0 Å². The van der Waals surface area contributed by atoms with E-state index < -0.39 is 15.3 Å². The second kappa shape index (κ2) is 10.6. The number of carbonyl (C=O) groups is 1. The lowest BCUT2D eigenvalue weighted by Crippen LogP contribution is -2.30. The third-order valence-electron chi connectivity index (χ3n) is 4.67. The first-order chi connectivity index (χ1) is 15.0. The first-order valence-electron chi connectivity index (χ1n) is 9.99. The molecule has 0 radical (unpaired) electrons. The van der Waals surface area contributed by atoms with Crippen molar-refractivity contribution in [1.29, 1.82) is 0 Å². The van der Waals surface area contributed by atoms with Gasteiger partial charge in [-0.25, -0.2) is 13.4 Å². The molecule has 6 nitrogen and oxygen atoms in total. The number of rotatable bonds is 9. The number of para-hydroxylation sites is 1. The Morgan fingerprint density at radius 3 is 2.13 bits per heavy atom. The fourth-order valence-corrected chi connectivity index (χ4v) is 5.42. The van der Waals surface area contributed by atoms with E-state index in [4.69, 9.17) is 0 Å². The van der Waals surface area contributed by atoms with E-state index in [1.807, 2.05) is 60.7 Å². The van der Waals surface area contributed by atoms with E-state index in [1.54, 1.807) is 26.0 Å². The Morgan fingerprint density at radius 1 is 0.968 bits per heavy atom. The minimum Gasteiger partial charge on any atom is -0.325 e. The largest absolute Gasteiger partial charge is 0.325 e. The predicted octanol–water partition coefficient (Wildman–Crippen LogP) is 4.58. The molecule has 1 unspecified atom stereocenters.